The molecule has 0 fully saturated rings. The predicted molar refractivity (Wildman–Crippen MR) is 74.5 cm³/mol. The minimum absolute atomic E-state index is 0.0562. The van der Waals surface area contributed by atoms with Gasteiger partial charge in [-0.15, -0.1) is 11.3 Å². The largest absolute Gasteiger partial charge is 0.320 e. The van der Waals surface area contributed by atoms with Crippen LogP contribution in [0.4, 0.5) is 4.39 Å². The minimum atomic E-state index is -0.480. The molecule has 2 rings (SSSR count). The first-order valence-electron chi connectivity index (χ1n) is 4.65. The summed E-state index contributed by atoms with van der Waals surface area (Å²) in [5, 5.41) is 0.0562. The zero-order valence-corrected chi connectivity index (χ0v) is 12.3. The van der Waals surface area contributed by atoms with Crippen molar-refractivity contribution in [2.45, 2.75) is 6.04 Å². The van der Waals surface area contributed by atoms with Crippen LogP contribution in [0.25, 0.3) is 0 Å². The Bertz CT molecular complexity index is 539. The average Bonchev–Trinajstić information content (AvgIpc) is 2.62. The summed E-state index contributed by atoms with van der Waals surface area (Å²) in [6.07, 6.45) is 0. The Morgan fingerprint density at radius 2 is 2.06 bits per heavy atom. The van der Waals surface area contributed by atoms with Crippen molar-refractivity contribution in [3.05, 3.63) is 54.4 Å². The molecule has 0 bridgehead atoms. The van der Waals surface area contributed by atoms with Crippen molar-refractivity contribution in [3.63, 3.8) is 0 Å². The Hall–Kier alpha value is -0.130. The van der Waals surface area contributed by atoms with Gasteiger partial charge in [-0.25, -0.2) is 4.39 Å². The molecule has 90 valence electrons. The SMILES string of the molecule is NC(c1cc(Br)c(Cl)s1)c1cccc(F)c1Cl. The van der Waals surface area contributed by atoms with E-state index >= 15 is 0 Å². The maximum Gasteiger partial charge on any atom is 0.142 e. The average molecular weight is 355 g/mol. The fraction of sp³-hybridized carbons (Fsp3) is 0.0909. The van der Waals surface area contributed by atoms with Crippen LogP contribution in [0.15, 0.2) is 28.7 Å². The van der Waals surface area contributed by atoms with E-state index in [9.17, 15) is 4.39 Å². The molecule has 0 saturated carbocycles. The van der Waals surface area contributed by atoms with Crippen molar-refractivity contribution in [2.75, 3.05) is 0 Å². The highest BCUT2D eigenvalue weighted by atomic mass is 79.9. The second-order valence-electron chi connectivity index (χ2n) is 3.39. The van der Waals surface area contributed by atoms with Gasteiger partial charge in [-0.05, 0) is 33.6 Å². The van der Waals surface area contributed by atoms with Gasteiger partial charge in [0, 0.05) is 9.35 Å². The molecule has 0 spiro atoms. The van der Waals surface area contributed by atoms with Gasteiger partial charge in [0.2, 0.25) is 0 Å². The molecule has 1 aromatic heterocycles. The van der Waals surface area contributed by atoms with Crippen molar-refractivity contribution in [2.24, 2.45) is 5.73 Å². The Morgan fingerprint density at radius 3 is 2.65 bits per heavy atom. The Balaban J connectivity index is 2.43. The molecule has 0 saturated heterocycles. The summed E-state index contributed by atoms with van der Waals surface area (Å²) in [4.78, 5) is 0.828. The topological polar surface area (TPSA) is 26.0 Å². The summed E-state index contributed by atoms with van der Waals surface area (Å²) < 4.78 is 14.7. The summed E-state index contributed by atoms with van der Waals surface area (Å²) in [5.41, 5.74) is 6.60. The first kappa shape index (κ1) is 13.3. The molecule has 0 aliphatic heterocycles. The highest BCUT2D eigenvalue weighted by Crippen LogP contribution is 2.38. The van der Waals surface area contributed by atoms with E-state index in [1.54, 1.807) is 12.1 Å². The molecule has 0 aliphatic carbocycles. The van der Waals surface area contributed by atoms with Gasteiger partial charge in [0.1, 0.15) is 10.2 Å². The van der Waals surface area contributed by atoms with E-state index in [1.807, 2.05) is 6.07 Å². The van der Waals surface area contributed by atoms with Crippen LogP contribution in [0.5, 0.6) is 0 Å². The van der Waals surface area contributed by atoms with Crippen molar-refractivity contribution in [3.8, 4) is 0 Å². The number of rotatable bonds is 2. The van der Waals surface area contributed by atoms with E-state index in [2.05, 4.69) is 15.9 Å². The third-order valence-corrected chi connectivity index (χ3v) is 5.24. The molecule has 1 nitrogen and oxygen atoms in total. The molecule has 2 N–H and O–H groups in total. The number of nitrogens with two attached hydrogens (primary N) is 1. The first-order valence-corrected chi connectivity index (χ1v) is 7.01. The number of benzene rings is 1. The molecular formula is C11H7BrCl2FNS. The van der Waals surface area contributed by atoms with E-state index in [0.717, 1.165) is 9.35 Å². The lowest BCUT2D eigenvalue weighted by molar-refractivity contribution is 0.624. The van der Waals surface area contributed by atoms with E-state index in [4.69, 9.17) is 28.9 Å². The molecule has 1 aromatic carbocycles. The monoisotopic (exact) mass is 353 g/mol. The van der Waals surface area contributed by atoms with Crippen LogP contribution < -0.4 is 5.73 Å². The van der Waals surface area contributed by atoms with E-state index in [0.29, 0.717) is 9.90 Å². The molecule has 6 heteroatoms. The molecule has 17 heavy (non-hydrogen) atoms. The van der Waals surface area contributed by atoms with Crippen molar-refractivity contribution in [1.82, 2.24) is 0 Å². The van der Waals surface area contributed by atoms with Crippen molar-refractivity contribution in [1.29, 1.82) is 0 Å². The lowest BCUT2D eigenvalue weighted by atomic mass is 10.1. The molecule has 1 atom stereocenters. The third kappa shape index (κ3) is 2.66. The van der Waals surface area contributed by atoms with E-state index in [1.165, 1.54) is 17.4 Å². The van der Waals surface area contributed by atoms with Crippen LogP contribution in [0.3, 0.4) is 0 Å². The molecular weight excluding hydrogens is 348 g/mol. The van der Waals surface area contributed by atoms with Crippen LogP contribution in [0.2, 0.25) is 9.36 Å². The highest BCUT2D eigenvalue weighted by molar-refractivity contribution is 9.10. The number of thiophene rings is 1. The van der Waals surface area contributed by atoms with Gasteiger partial charge in [-0.2, -0.15) is 0 Å². The van der Waals surface area contributed by atoms with Gasteiger partial charge < -0.3 is 5.73 Å². The van der Waals surface area contributed by atoms with Crippen LogP contribution in [-0.4, -0.2) is 0 Å². The van der Waals surface area contributed by atoms with E-state index < -0.39 is 11.9 Å². The van der Waals surface area contributed by atoms with Gasteiger partial charge in [0.05, 0.1) is 11.1 Å². The van der Waals surface area contributed by atoms with Gasteiger partial charge >= 0.3 is 0 Å². The van der Waals surface area contributed by atoms with Gasteiger partial charge in [0.15, 0.2) is 0 Å². The van der Waals surface area contributed by atoms with Gasteiger partial charge in [0.25, 0.3) is 0 Å². The summed E-state index contributed by atoms with van der Waals surface area (Å²) in [5.74, 6) is -0.471. The molecule has 1 unspecified atom stereocenters. The van der Waals surface area contributed by atoms with Gasteiger partial charge in [-0.1, -0.05) is 35.3 Å². The molecule has 0 radical (unpaired) electrons. The number of hydrogen-bond donors (Lipinski definition) is 1. The Labute approximate surface area is 120 Å². The minimum Gasteiger partial charge on any atom is -0.320 e. The maximum absolute atomic E-state index is 13.3. The van der Waals surface area contributed by atoms with Gasteiger partial charge in [-0.3, -0.25) is 0 Å². The normalized spacial score (nSPS) is 12.8. The molecule has 0 amide bonds. The lowest BCUT2D eigenvalue weighted by Gasteiger charge is -2.12. The predicted octanol–water partition coefficient (Wildman–Crippen LogP) is 5.00. The second kappa shape index (κ2) is 5.24. The Morgan fingerprint density at radius 1 is 1.35 bits per heavy atom. The van der Waals surface area contributed by atoms with Crippen molar-refractivity contribution < 1.29 is 4.39 Å². The fourth-order valence-electron chi connectivity index (χ4n) is 1.43. The zero-order chi connectivity index (χ0) is 12.6. The standard InChI is InChI=1S/C11H7BrCl2FNS/c12-6-4-8(17-11(6)14)10(16)5-2-1-3-7(15)9(5)13/h1-4,10H,16H2. The highest BCUT2D eigenvalue weighted by Gasteiger charge is 2.18. The number of hydrogen-bond acceptors (Lipinski definition) is 2. The number of halogens is 4. The van der Waals surface area contributed by atoms with Crippen LogP contribution in [0, 0.1) is 5.82 Å². The fourth-order valence-corrected chi connectivity index (χ4v) is 3.43. The zero-order valence-electron chi connectivity index (χ0n) is 8.38. The first-order chi connectivity index (χ1) is 8.00. The quantitative estimate of drug-likeness (QED) is 0.806. The summed E-state index contributed by atoms with van der Waals surface area (Å²) in [6, 6.07) is 5.93. The Kier molecular flexibility index (Phi) is 4.10. The smallest absolute Gasteiger partial charge is 0.142 e. The molecule has 2 aromatic rings. The third-order valence-electron chi connectivity index (χ3n) is 2.29. The van der Waals surface area contributed by atoms with Crippen LogP contribution in [-0.2, 0) is 0 Å². The molecule has 1 heterocycles. The molecule has 0 aliphatic rings. The van der Waals surface area contributed by atoms with E-state index in [-0.39, 0.29) is 5.02 Å². The summed E-state index contributed by atoms with van der Waals surface area (Å²) in [6.45, 7) is 0. The second-order valence-corrected chi connectivity index (χ2v) is 6.31. The summed E-state index contributed by atoms with van der Waals surface area (Å²) in [7, 11) is 0. The van der Waals surface area contributed by atoms with Crippen LogP contribution >= 0.6 is 50.5 Å². The maximum atomic E-state index is 13.3. The summed E-state index contributed by atoms with van der Waals surface area (Å²) >= 11 is 16.5. The lowest BCUT2D eigenvalue weighted by Crippen LogP contribution is -2.11. The van der Waals surface area contributed by atoms with Crippen LogP contribution in [0.1, 0.15) is 16.5 Å². The van der Waals surface area contributed by atoms with Crippen molar-refractivity contribution >= 4 is 50.5 Å².